The highest BCUT2D eigenvalue weighted by molar-refractivity contribution is 9.11. The average molecular weight is 1950 g/mol. The highest BCUT2D eigenvalue weighted by atomic mass is 79.9. The second-order valence-electron chi connectivity index (χ2n) is 39.3. The van der Waals surface area contributed by atoms with E-state index in [-0.39, 0.29) is 77.0 Å². The van der Waals surface area contributed by atoms with Crippen LogP contribution in [-0.4, -0.2) is 163 Å². The zero-order valence-corrected chi connectivity index (χ0v) is 86.4. The maximum Gasteiger partial charge on any atom is 0.264 e. The van der Waals surface area contributed by atoms with Gasteiger partial charge in [0.05, 0.1) is 93.5 Å². The normalized spacial score (nSPS) is 22.7. The standard InChI is InChI=1S/C109H141BrN2O17SSi3/c1-77(55-58-85(116-15)40-39-62-110)66-101(129-133(108(12,13)14,95-49-34-24-35-50-95)96-51-36-25-37-52-96)100-71-90(118-17)72-109(119-18,126-100)73-103-111-83(75-120-103)67-79(3)104-81(5)105(122-74-82-56-59-86(117-16)60-57-82)80(4)98(125-104)53-38-54-102-112-97(76-121-102)99-70-89(128-132(107(9,10)11,93-45-30-22-31-46-93)94-47-32-23-33-48-94)69-87(124-99)68-88(127-130(19,114)115)65-78(2)64-84(113)61-63-123-131(106(6,7)8,91-41-26-20-27-42-91)92-43-28-21-29-44-92/h20-39,41-52,54-60,62,66-67,75-76,80-81,84-85,87-90,98-101,104-105,113H,2,40,53,61,63-65,68-74H2,1,3-19H3/b54-38+,58-55+,62-39+,77-66+,79-67+/t80-,81-,84-,85+,87+,88-,89+,90+,98+,99+,100+,101+,104-,105-,109-/m0/s1. The van der Waals surface area contributed by atoms with Crippen molar-refractivity contribution in [2.24, 2.45) is 11.8 Å². The van der Waals surface area contributed by atoms with Gasteiger partial charge >= 0.3 is 0 Å². The van der Waals surface area contributed by atoms with Crippen LogP contribution >= 0.6 is 15.9 Å². The quantitative estimate of drug-likeness (QED) is 0.0163. The van der Waals surface area contributed by atoms with Gasteiger partial charge in [-0.1, -0.05) is 334 Å². The van der Waals surface area contributed by atoms with Crippen molar-refractivity contribution in [1.82, 2.24) is 9.97 Å². The molecule has 7 aromatic carbocycles. The first-order chi connectivity index (χ1) is 63.5. The Bertz CT molecular complexity index is 5270. The number of benzene rings is 7. The Morgan fingerprint density at radius 3 is 1.74 bits per heavy atom. The van der Waals surface area contributed by atoms with E-state index in [1.807, 2.05) is 77.8 Å². The van der Waals surface area contributed by atoms with Gasteiger partial charge in [0.2, 0.25) is 5.89 Å². The van der Waals surface area contributed by atoms with Gasteiger partial charge in [-0.3, -0.25) is 4.18 Å². The van der Waals surface area contributed by atoms with Crippen molar-refractivity contribution in [2.75, 3.05) is 41.3 Å². The van der Waals surface area contributed by atoms with E-state index in [0.717, 1.165) is 59.8 Å². The van der Waals surface area contributed by atoms with E-state index in [1.54, 1.807) is 41.0 Å². The summed E-state index contributed by atoms with van der Waals surface area (Å²) in [6.07, 6.45) is 16.6. The smallest absolute Gasteiger partial charge is 0.264 e. The number of hydrogen-bond acceptors (Lipinski definition) is 19. The van der Waals surface area contributed by atoms with Crippen LogP contribution in [0.1, 0.15) is 189 Å². The molecule has 0 radical (unpaired) electrons. The fourth-order valence-corrected chi connectivity index (χ4v) is 34.8. The number of rotatable bonds is 43. The number of allylic oxidation sites excluding steroid dienone is 2. The first-order valence-electron chi connectivity index (χ1n) is 46.8. The van der Waals surface area contributed by atoms with E-state index >= 15 is 0 Å². The molecule has 15 atom stereocenters. The third kappa shape index (κ3) is 26.2. The molecule has 24 heteroatoms. The van der Waals surface area contributed by atoms with Crippen LogP contribution in [0.2, 0.25) is 15.1 Å². The van der Waals surface area contributed by atoms with Gasteiger partial charge in [-0.25, -0.2) is 9.97 Å². The van der Waals surface area contributed by atoms with E-state index in [0.29, 0.717) is 86.9 Å². The van der Waals surface area contributed by atoms with Gasteiger partial charge in [-0.15, -0.1) is 0 Å². The van der Waals surface area contributed by atoms with Crippen molar-refractivity contribution >= 4 is 94.3 Å². The molecule has 0 amide bonds. The number of aliphatic hydroxyl groups is 1. The first kappa shape index (κ1) is 104. The van der Waals surface area contributed by atoms with Gasteiger partial charge in [0.15, 0.2) is 11.7 Å². The van der Waals surface area contributed by atoms with Crippen molar-refractivity contribution in [1.29, 1.82) is 0 Å². The molecule has 2 aromatic heterocycles. The Kier molecular flexibility index (Phi) is 36.5. The highest BCUT2D eigenvalue weighted by Gasteiger charge is 2.57. The summed E-state index contributed by atoms with van der Waals surface area (Å²) in [4.78, 5) is 12.2. The van der Waals surface area contributed by atoms with Gasteiger partial charge in [0, 0.05) is 65.5 Å². The number of nitrogens with zero attached hydrogens (tertiary/aromatic N) is 2. The zero-order chi connectivity index (χ0) is 95.4. The summed E-state index contributed by atoms with van der Waals surface area (Å²) in [7, 11) is -6.52. The summed E-state index contributed by atoms with van der Waals surface area (Å²) in [5.74, 6) is 0.0943. The lowest BCUT2D eigenvalue weighted by Crippen LogP contribution is -2.69. The molecular weight excluding hydrogens is 1810 g/mol. The maximum absolute atomic E-state index is 13.5. The Morgan fingerprint density at radius 2 is 1.22 bits per heavy atom. The first-order valence-corrected chi connectivity index (χ1v) is 55.3. The molecule has 12 rings (SSSR count). The van der Waals surface area contributed by atoms with Crippen LogP contribution in [0.4, 0.5) is 0 Å². The Hall–Kier alpha value is -8.20. The van der Waals surface area contributed by atoms with Gasteiger partial charge in [0.1, 0.15) is 35.8 Å². The summed E-state index contributed by atoms with van der Waals surface area (Å²) >= 11 is 3.43. The van der Waals surface area contributed by atoms with E-state index in [4.69, 9.17) is 74.2 Å². The molecule has 3 fully saturated rings. The maximum atomic E-state index is 13.5. The van der Waals surface area contributed by atoms with Crippen LogP contribution in [-0.2, 0) is 73.8 Å². The molecule has 1 N–H and O–H groups in total. The van der Waals surface area contributed by atoms with Gasteiger partial charge < -0.3 is 65.1 Å². The second-order valence-corrected chi connectivity index (χ2v) is 54.2. The number of halogens is 1. The van der Waals surface area contributed by atoms with E-state index in [9.17, 15) is 13.5 Å². The molecular formula is C109H141BrN2O17SSi3. The number of oxazole rings is 2. The monoisotopic (exact) mass is 1940 g/mol. The van der Waals surface area contributed by atoms with Crippen LogP contribution in [0.25, 0.3) is 12.2 Å². The number of ether oxygens (including phenoxy) is 8. The molecule has 0 aliphatic carbocycles. The predicted octanol–water partition coefficient (Wildman–Crippen LogP) is 20.2. The third-order valence-electron chi connectivity index (χ3n) is 26.5. The second kappa shape index (κ2) is 46.8. The summed E-state index contributed by atoms with van der Waals surface area (Å²) in [5.41, 5.74) is 4.72. The molecule has 3 aliphatic rings. The Labute approximate surface area is 802 Å². The lowest BCUT2D eigenvalue weighted by Gasteiger charge is -2.49. The van der Waals surface area contributed by atoms with E-state index in [2.05, 4.69) is 288 Å². The fourth-order valence-electron chi connectivity index (χ4n) is 20.0. The van der Waals surface area contributed by atoms with Crippen LogP contribution in [0.15, 0.2) is 286 Å². The molecule has 3 aliphatic heterocycles. The predicted molar refractivity (Wildman–Crippen MR) is 542 cm³/mol. The van der Waals surface area contributed by atoms with Gasteiger partial charge in [-0.2, -0.15) is 8.42 Å². The summed E-state index contributed by atoms with van der Waals surface area (Å²) < 4.78 is 122. The molecule has 714 valence electrons. The summed E-state index contributed by atoms with van der Waals surface area (Å²) in [5, 5.41) is 17.7. The molecule has 3 saturated heterocycles. The lowest BCUT2D eigenvalue weighted by atomic mass is 9.79. The minimum absolute atomic E-state index is 0.0841. The van der Waals surface area contributed by atoms with Gasteiger partial charge in [0.25, 0.3) is 35.1 Å². The van der Waals surface area contributed by atoms with Gasteiger partial charge in [-0.05, 0) is 139 Å². The van der Waals surface area contributed by atoms with Crippen LogP contribution in [0, 0.1) is 11.8 Å². The number of hydrogen-bond donors (Lipinski definition) is 1. The number of aliphatic hydroxyl groups excluding tert-OH is 1. The molecule has 0 saturated carbocycles. The fraction of sp³-hybridized carbons (Fsp3) is 0.450. The lowest BCUT2D eigenvalue weighted by molar-refractivity contribution is -0.297. The van der Waals surface area contributed by atoms with Crippen molar-refractivity contribution in [3.8, 4) is 5.75 Å². The van der Waals surface area contributed by atoms with Crippen LogP contribution in [0.5, 0.6) is 5.75 Å². The number of methoxy groups -OCH3 is 4. The van der Waals surface area contributed by atoms with Crippen LogP contribution in [0.3, 0.4) is 0 Å². The van der Waals surface area contributed by atoms with E-state index in [1.165, 1.54) is 0 Å². The minimum atomic E-state index is -4.02. The van der Waals surface area contributed by atoms with Crippen LogP contribution < -0.4 is 35.9 Å². The molecule has 19 nitrogen and oxygen atoms in total. The molecule has 0 spiro atoms. The van der Waals surface area contributed by atoms with Crippen molar-refractivity contribution in [2.45, 2.75) is 261 Å². The highest BCUT2D eigenvalue weighted by Crippen LogP contribution is 2.47. The van der Waals surface area contributed by atoms with Crippen molar-refractivity contribution in [3.63, 3.8) is 0 Å². The zero-order valence-electron chi connectivity index (χ0n) is 81.0. The largest absolute Gasteiger partial charge is 0.497 e. The molecule has 133 heavy (non-hydrogen) atoms. The third-order valence-corrected chi connectivity index (χ3v) is 42.6. The Morgan fingerprint density at radius 1 is 0.662 bits per heavy atom. The molecule has 0 unspecified atom stereocenters. The Balaban J connectivity index is 0.798. The summed E-state index contributed by atoms with van der Waals surface area (Å²) in [6, 6.07) is 71.3. The molecule has 5 heterocycles. The SMILES string of the molecule is C=C(C[C@@H](O)CCO[Si](c1ccccc1)(c1ccccc1)C(C)(C)C)C[C@@H](C[C@@H]1C[C@@H](O[Si](c2ccccc2)(c2ccccc2)C(C)(C)C)C[C@H](c2coc(/C=C/C[C@H]3O[C@@H](/C(C)=C/c4coc(C[C@]5(OC)C[C@H](OC)C[C@H]([C@@H](/C=C(C)/C=C/[C@@H](C/C=C/Br)OC)O[Si](c6ccccc6)(c6ccccc6)C(C)(C)C)O5)n4)[C@H](C)[C@@H](OCc4ccc(OC)cc4)[C@H]3C)n2)O1)OS(C)(=O)=O. The minimum Gasteiger partial charge on any atom is -0.497 e. The molecule has 9 aromatic rings. The van der Waals surface area contributed by atoms with Crippen molar-refractivity contribution in [3.05, 3.63) is 306 Å². The number of aromatic nitrogens is 2. The molecule has 0 bridgehead atoms. The van der Waals surface area contributed by atoms with Crippen molar-refractivity contribution < 1.29 is 77.7 Å². The topological polar surface area (TPSA) is 217 Å². The average Bonchev–Trinajstić information content (AvgIpc) is 0.938. The van der Waals surface area contributed by atoms with E-state index < -0.39 is 89.7 Å². The summed E-state index contributed by atoms with van der Waals surface area (Å²) in [6.45, 7) is 34.0.